The number of benzene rings is 4. The Labute approximate surface area is 206 Å². The number of nitro groups is 1. The van der Waals surface area contributed by atoms with Crippen LogP contribution in [-0.2, 0) is 6.16 Å². The summed E-state index contributed by atoms with van der Waals surface area (Å²) in [5.74, 6) is 0. The van der Waals surface area contributed by atoms with Gasteiger partial charge in [0.15, 0.2) is 0 Å². The fourth-order valence-electron chi connectivity index (χ4n) is 4.55. The number of hydrogen-bond acceptors (Lipinski definition) is 3. The van der Waals surface area contributed by atoms with E-state index >= 15 is 0 Å². The number of rotatable bonds is 7. The van der Waals surface area contributed by atoms with Gasteiger partial charge in [0.1, 0.15) is 0 Å². The first-order valence-corrected chi connectivity index (χ1v) is 12.8. The molecule has 0 aliphatic carbocycles. The fourth-order valence-corrected chi connectivity index (χ4v) is 9.31. The zero-order valence-corrected chi connectivity index (χ0v) is 21.4. The van der Waals surface area contributed by atoms with Crippen LogP contribution in [0.3, 0.4) is 0 Å². The average molecular weight is 523 g/mol. The summed E-state index contributed by atoms with van der Waals surface area (Å²) in [5, 5.41) is 16.0. The Morgan fingerprint density at radius 3 is 1.48 bits per heavy atom. The van der Waals surface area contributed by atoms with Crippen LogP contribution >= 0.6 is 24.2 Å². The Bertz CT molecular complexity index is 1110. The van der Waals surface area contributed by atoms with Crippen molar-refractivity contribution >= 4 is 51.5 Å². The van der Waals surface area contributed by atoms with E-state index in [0.717, 1.165) is 5.56 Å². The molecule has 0 aromatic heterocycles. The van der Waals surface area contributed by atoms with Crippen molar-refractivity contribution in [2.45, 2.75) is 6.16 Å². The van der Waals surface area contributed by atoms with E-state index in [1.165, 1.54) is 15.9 Å². The second kappa shape index (κ2) is 10.7. The summed E-state index contributed by atoms with van der Waals surface area (Å²) >= 11 is 0. The first-order chi connectivity index (χ1) is 15.5. The predicted octanol–water partition coefficient (Wildman–Crippen LogP) is 5.47. The molecule has 0 aliphatic heterocycles. The molecule has 4 aromatic rings. The van der Waals surface area contributed by atoms with Gasteiger partial charge >= 0.3 is 190 Å². The van der Waals surface area contributed by atoms with E-state index in [2.05, 4.69) is 72.8 Å². The summed E-state index contributed by atoms with van der Waals surface area (Å²) in [6.07, 6.45) is 0.600. The van der Waals surface area contributed by atoms with E-state index in [-0.39, 0.29) is 27.6 Å². The minimum absolute atomic E-state index is 0. The normalized spacial score (nSPS) is 11.3. The molecule has 170 valence electrons. The fraction of sp³-hybridized carbons (Fsp3) is 0.111. The quantitative estimate of drug-likeness (QED) is 0.184. The number of hydrogen-bond donors (Lipinski definition) is 0. The number of para-hydroxylation sites is 1. The standard InChI is InChI=1S/C27H27N2O2P.BrH/c1-28(2)26-20-12-13-22(27(26)29(30)31)21-32(23-14-6-3-7-15-23,24-16-8-4-9-17-24)25-18-10-5-11-19-25;/h3-20,32H,21H2,1-2H3;1H. The van der Waals surface area contributed by atoms with Gasteiger partial charge in [0.05, 0.1) is 0 Å². The number of halogens is 1. The summed E-state index contributed by atoms with van der Waals surface area (Å²) in [6, 6.07) is 37.2. The number of nitrogens with zero attached hydrogens (tertiary/aromatic N) is 2. The van der Waals surface area contributed by atoms with Gasteiger partial charge in [-0.05, 0) is 0 Å². The van der Waals surface area contributed by atoms with Crippen molar-refractivity contribution in [3.05, 3.63) is 125 Å². The zero-order chi connectivity index (χ0) is 22.6. The molecular formula is C27H28BrN2O2P. The molecule has 33 heavy (non-hydrogen) atoms. The van der Waals surface area contributed by atoms with E-state index < -0.39 is 7.26 Å². The summed E-state index contributed by atoms with van der Waals surface area (Å²) in [4.78, 5) is 13.8. The molecule has 4 rings (SSSR count). The van der Waals surface area contributed by atoms with Crippen LogP contribution in [-0.4, -0.2) is 19.0 Å². The molecule has 0 saturated heterocycles. The molecule has 0 spiro atoms. The molecule has 0 bridgehead atoms. The Hall–Kier alpha value is -3.01. The van der Waals surface area contributed by atoms with Gasteiger partial charge in [-0.1, -0.05) is 0 Å². The van der Waals surface area contributed by atoms with E-state index in [1.807, 2.05) is 55.4 Å². The second-order valence-electron chi connectivity index (χ2n) is 8.12. The van der Waals surface area contributed by atoms with Gasteiger partial charge in [-0.2, -0.15) is 0 Å². The van der Waals surface area contributed by atoms with Crippen molar-refractivity contribution in [3.63, 3.8) is 0 Å². The molecule has 0 heterocycles. The van der Waals surface area contributed by atoms with Crippen LogP contribution < -0.4 is 20.8 Å². The summed E-state index contributed by atoms with van der Waals surface area (Å²) < 4.78 is 0. The van der Waals surface area contributed by atoms with Crippen molar-refractivity contribution < 1.29 is 4.92 Å². The molecule has 6 heteroatoms. The van der Waals surface area contributed by atoms with Crippen LogP contribution in [0.4, 0.5) is 11.4 Å². The van der Waals surface area contributed by atoms with Crippen LogP contribution in [0.25, 0.3) is 0 Å². The molecule has 0 amide bonds. The van der Waals surface area contributed by atoms with Crippen molar-refractivity contribution in [1.29, 1.82) is 0 Å². The third-order valence-corrected chi connectivity index (χ3v) is 10.9. The molecule has 0 radical (unpaired) electrons. The van der Waals surface area contributed by atoms with E-state index in [1.54, 1.807) is 0 Å². The minimum atomic E-state index is -2.62. The molecule has 0 fully saturated rings. The van der Waals surface area contributed by atoms with Crippen molar-refractivity contribution in [3.8, 4) is 0 Å². The van der Waals surface area contributed by atoms with Gasteiger partial charge in [-0.3, -0.25) is 0 Å². The maximum atomic E-state index is 12.2. The van der Waals surface area contributed by atoms with E-state index in [4.69, 9.17) is 0 Å². The van der Waals surface area contributed by atoms with Crippen molar-refractivity contribution in [2.75, 3.05) is 19.0 Å². The van der Waals surface area contributed by atoms with E-state index in [9.17, 15) is 10.1 Å². The predicted molar refractivity (Wildman–Crippen MR) is 148 cm³/mol. The van der Waals surface area contributed by atoms with Gasteiger partial charge in [-0.25, -0.2) is 0 Å². The van der Waals surface area contributed by atoms with Crippen molar-refractivity contribution in [1.82, 2.24) is 0 Å². The first kappa shape index (κ1) is 24.6. The Morgan fingerprint density at radius 1 is 0.697 bits per heavy atom. The molecule has 0 atom stereocenters. The van der Waals surface area contributed by atoms with Crippen LogP contribution in [0.2, 0.25) is 0 Å². The molecule has 0 saturated carbocycles. The van der Waals surface area contributed by atoms with Crippen LogP contribution in [0.1, 0.15) is 5.56 Å². The van der Waals surface area contributed by atoms with Gasteiger partial charge in [-0.15, -0.1) is 17.0 Å². The molecule has 4 nitrogen and oxygen atoms in total. The molecule has 0 unspecified atom stereocenters. The third kappa shape index (κ3) is 4.85. The van der Waals surface area contributed by atoms with Gasteiger partial charge in [0, 0.05) is 0 Å². The summed E-state index contributed by atoms with van der Waals surface area (Å²) in [6.45, 7) is 0. The van der Waals surface area contributed by atoms with Crippen LogP contribution in [0.15, 0.2) is 109 Å². The SMILES string of the molecule is Br.CN(C)c1cccc(C[PH](c2ccccc2)(c2ccccc2)c2ccccc2)c1[N+](=O)[O-]. The van der Waals surface area contributed by atoms with Gasteiger partial charge in [0.2, 0.25) is 0 Å². The second-order valence-corrected chi connectivity index (χ2v) is 12.0. The maximum absolute atomic E-state index is 12.2. The van der Waals surface area contributed by atoms with Crippen LogP contribution in [0.5, 0.6) is 0 Å². The summed E-state index contributed by atoms with van der Waals surface area (Å²) in [7, 11) is 1.08. The monoisotopic (exact) mass is 522 g/mol. The summed E-state index contributed by atoms with van der Waals surface area (Å²) in [5.41, 5.74) is 1.59. The molecular weight excluding hydrogens is 495 g/mol. The first-order valence-electron chi connectivity index (χ1n) is 10.6. The van der Waals surface area contributed by atoms with E-state index in [0.29, 0.717) is 11.8 Å². The third-order valence-electron chi connectivity index (χ3n) is 6.02. The van der Waals surface area contributed by atoms with Gasteiger partial charge in [0.25, 0.3) is 0 Å². The topological polar surface area (TPSA) is 46.4 Å². The Morgan fingerprint density at radius 2 is 1.12 bits per heavy atom. The molecule has 4 aromatic carbocycles. The Balaban J connectivity index is 0.00000306. The van der Waals surface area contributed by atoms with Crippen LogP contribution in [0, 0.1) is 10.1 Å². The Kier molecular flexibility index (Phi) is 8.01. The molecule has 0 N–H and O–H groups in total. The molecule has 0 aliphatic rings. The number of nitro benzene ring substituents is 1. The van der Waals surface area contributed by atoms with Crippen molar-refractivity contribution in [2.24, 2.45) is 0 Å². The zero-order valence-electron chi connectivity index (χ0n) is 18.7. The van der Waals surface area contributed by atoms with Gasteiger partial charge < -0.3 is 0 Å². The average Bonchev–Trinajstić information content (AvgIpc) is 2.84. The number of anilines is 1.